The molecule has 1 unspecified atom stereocenters. The quantitative estimate of drug-likeness (QED) is 0.408. The van der Waals surface area contributed by atoms with Crippen LogP contribution >= 0.6 is 0 Å². The largest absolute Gasteiger partial charge is 1.00 e. The molecule has 0 spiro atoms. The monoisotopic (exact) mass is 194 g/mol. The molecule has 4 nitrogen and oxygen atoms in total. The SMILES string of the molecule is CC(=O)N1C(O)CC[N+]1(C)C.[Cl-]. The minimum atomic E-state index is -0.595. The number of carbonyl (C=O) groups excluding carboxylic acids is 1. The van der Waals surface area contributed by atoms with Crippen LogP contribution in [-0.4, -0.2) is 47.5 Å². The van der Waals surface area contributed by atoms with Crippen LogP contribution in [0.15, 0.2) is 0 Å². The smallest absolute Gasteiger partial charge is 0.267 e. The van der Waals surface area contributed by atoms with Crippen molar-refractivity contribution < 1.29 is 26.9 Å². The molecule has 0 aromatic heterocycles. The summed E-state index contributed by atoms with van der Waals surface area (Å²) in [5.41, 5.74) is 0. The zero-order chi connectivity index (χ0) is 8.65. The van der Waals surface area contributed by atoms with E-state index in [-0.39, 0.29) is 18.3 Å². The average Bonchev–Trinajstić information content (AvgIpc) is 2.06. The normalized spacial score (nSPS) is 26.7. The molecular formula is C7H15ClN2O2. The summed E-state index contributed by atoms with van der Waals surface area (Å²) in [6, 6.07) is 0. The molecule has 0 aromatic rings. The molecule has 1 N–H and O–H groups in total. The van der Waals surface area contributed by atoms with Gasteiger partial charge in [0.25, 0.3) is 5.91 Å². The van der Waals surface area contributed by atoms with Crippen LogP contribution in [0.5, 0.6) is 0 Å². The van der Waals surface area contributed by atoms with Gasteiger partial charge in [0, 0.05) is 13.3 Å². The summed E-state index contributed by atoms with van der Waals surface area (Å²) in [4.78, 5) is 11.0. The molecule has 1 saturated heterocycles. The Labute approximate surface area is 78.7 Å². The van der Waals surface area contributed by atoms with Crippen molar-refractivity contribution in [3.8, 4) is 0 Å². The number of halogens is 1. The Balaban J connectivity index is 0.00000121. The molecule has 1 aliphatic heterocycles. The maximum absolute atomic E-state index is 11.0. The van der Waals surface area contributed by atoms with Crippen LogP contribution in [0, 0.1) is 0 Å². The van der Waals surface area contributed by atoms with Gasteiger partial charge in [-0.1, -0.05) is 0 Å². The molecule has 12 heavy (non-hydrogen) atoms. The predicted octanol–water partition coefficient (Wildman–Crippen LogP) is -3.45. The third kappa shape index (κ3) is 1.88. The van der Waals surface area contributed by atoms with Gasteiger partial charge in [0.05, 0.1) is 14.1 Å². The lowest BCUT2D eigenvalue weighted by atomic mass is 10.4. The Morgan fingerprint density at radius 3 is 2.25 bits per heavy atom. The van der Waals surface area contributed by atoms with Gasteiger partial charge in [0.2, 0.25) is 0 Å². The van der Waals surface area contributed by atoms with Gasteiger partial charge in [-0.05, 0) is 0 Å². The number of hydrogen-bond donors (Lipinski definition) is 1. The Hall–Kier alpha value is -0.320. The number of quaternary nitrogens is 1. The predicted molar refractivity (Wildman–Crippen MR) is 40.1 cm³/mol. The van der Waals surface area contributed by atoms with E-state index in [2.05, 4.69) is 0 Å². The van der Waals surface area contributed by atoms with Gasteiger partial charge in [0.15, 0.2) is 6.23 Å². The average molecular weight is 195 g/mol. The lowest BCUT2D eigenvalue weighted by Crippen LogP contribution is -3.00. The topological polar surface area (TPSA) is 40.5 Å². The summed E-state index contributed by atoms with van der Waals surface area (Å²) in [7, 11) is 3.83. The lowest BCUT2D eigenvalue weighted by molar-refractivity contribution is -0.981. The van der Waals surface area contributed by atoms with Crippen molar-refractivity contribution in [2.24, 2.45) is 0 Å². The summed E-state index contributed by atoms with van der Waals surface area (Å²) in [6.07, 6.45) is 0.0783. The highest BCUT2D eigenvalue weighted by Gasteiger charge is 2.41. The molecule has 0 aliphatic carbocycles. The number of amides is 1. The molecular weight excluding hydrogens is 180 g/mol. The fourth-order valence-electron chi connectivity index (χ4n) is 1.61. The number of aliphatic hydroxyl groups is 1. The van der Waals surface area contributed by atoms with Gasteiger partial charge in [-0.15, -0.1) is 0 Å². The molecule has 0 bridgehead atoms. The van der Waals surface area contributed by atoms with E-state index in [1.807, 2.05) is 14.1 Å². The van der Waals surface area contributed by atoms with E-state index in [9.17, 15) is 9.90 Å². The van der Waals surface area contributed by atoms with Gasteiger partial charge in [-0.2, -0.15) is 5.01 Å². The van der Waals surface area contributed by atoms with E-state index < -0.39 is 6.23 Å². The first-order valence-corrected chi connectivity index (χ1v) is 3.76. The van der Waals surface area contributed by atoms with Gasteiger partial charge in [0.1, 0.15) is 6.54 Å². The van der Waals surface area contributed by atoms with E-state index in [1.54, 1.807) is 0 Å². The Kier molecular flexibility index (Phi) is 3.50. The summed E-state index contributed by atoms with van der Waals surface area (Å²) in [6.45, 7) is 2.30. The van der Waals surface area contributed by atoms with Crippen molar-refractivity contribution >= 4 is 5.91 Å². The maximum atomic E-state index is 11.0. The maximum Gasteiger partial charge on any atom is 0.267 e. The second-order valence-corrected chi connectivity index (χ2v) is 3.48. The molecule has 0 saturated carbocycles. The molecule has 0 aromatic carbocycles. The molecule has 72 valence electrons. The third-order valence-electron chi connectivity index (χ3n) is 2.12. The summed E-state index contributed by atoms with van der Waals surface area (Å²) in [5, 5.41) is 10.9. The molecule has 1 atom stereocenters. The van der Waals surface area contributed by atoms with E-state index in [0.717, 1.165) is 6.54 Å². The number of nitrogens with zero attached hydrogens (tertiary/aromatic N) is 2. The highest BCUT2D eigenvalue weighted by atomic mass is 35.5. The Bertz CT molecular complexity index is 184. The van der Waals surface area contributed by atoms with Crippen molar-refractivity contribution in [3.63, 3.8) is 0 Å². The zero-order valence-electron chi connectivity index (χ0n) is 7.62. The minimum Gasteiger partial charge on any atom is -1.00 e. The fraction of sp³-hybridized carbons (Fsp3) is 0.857. The van der Waals surface area contributed by atoms with Crippen LogP contribution < -0.4 is 12.4 Å². The van der Waals surface area contributed by atoms with E-state index in [1.165, 1.54) is 11.9 Å². The molecule has 1 rings (SSSR count). The summed E-state index contributed by atoms with van der Waals surface area (Å²) >= 11 is 0. The van der Waals surface area contributed by atoms with Crippen LogP contribution in [0.4, 0.5) is 0 Å². The summed E-state index contributed by atoms with van der Waals surface area (Å²) in [5.74, 6) is -0.0694. The van der Waals surface area contributed by atoms with Gasteiger partial charge in [-0.3, -0.25) is 4.79 Å². The number of aliphatic hydroxyl groups excluding tert-OH is 1. The van der Waals surface area contributed by atoms with E-state index in [0.29, 0.717) is 11.0 Å². The first kappa shape index (κ1) is 11.7. The lowest BCUT2D eigenvalue weighted by Gasteiger charge is -2.33. The van der Waals surface area contributed by atoms with Crippen LogP contribution in [0.1, 0.15) is 13.3 Å². The van der Waals surface area contributed by atoms with Crippen LogP contribution in [0.3, 0.4) is 0 Å². The second kappa shape index (κ2) is 3.60. The van der Waals surface area contributed by atoms with Gasteiger partial charge < -0.3 is 17.5 Å². The van der Waals surface area contributed by atoms with Crippen LogP contribution in [-0.2, 0) is 4.79 Å². The number of rotatable bonds is 0. The molecule has 0 radical (unpaired) electrons. The van der Waals surface area contributed by atoms with Crippen LogP contribution in [0.2, 0.25) is 0 Å². The first-order valence-electron chi connectivity index (χ1n) is 3.76. The minimum absolute atomic E-state index is 0. The molecule has 1 aliphatic rings. The molecule has 5 heteroatoms. The molecule has 1 amide bonds. The van der Waals surface area contributed by atoms with Crippen molar-refractivity contribution in [3.05, 3.63) is 0 Å². The van der Waals surface area contributed by atoms with Crippen molar-refractivity contribution in [2.45, 2.75) is 19.6 Å². The molecule has 1 fully saturated rings. The second-order valence-electron chi connectivity index (χ2n) is 3.48. The van der Waals surface area contributed by atoms with E-state index >= 15 is 0 Å². The summed E-state index contributed by atoms with van der Waals surface area (Å²) < 4.78 is 0.469. The standard InChI is InChI=1S/C7H15N2O2.ClH/c1-6(10)8-7(11)4-5-9(8,2)3;/h7,11H,4-5H2,1-3H3;1H/q+1;/p-1. The zero-order valence-corrected chi connectivity index (χ0v) is 8.38. The van der Waals surface area contributed by atoms with Crippen molar-refractivity contribution in [1.82, 2.24) is 5.01 Å². The first-order chi connectivity index (χ1) is 4.95. The van der Waals surface area contributed by atoms with E-state index in [4.69, 9.17) is 0 Å². The van der Waals surface area contributed by atoms with Gasteiger partial charge >= 0.3 is 0 Å². The van der Waals surface area contributed by atoms with Crippen molar-refractivity contribution in [1.29, 1.82) is 0 Å². The Morgan fingerprint density at radius 1 is 1.58 bits per heavy atom. The fourth-order valence-corrected chi connectivity index (χ4v) is 1.61. The van der Waals surface area contributed by atoms with Gasteiger partial charge in [-0.25, -0.2) is 4.59 Å². The highest BCUT2D eigenvalue weighted by Crippen LogP contribution is 2.20. The molecule has 1 heterocycles. The van der Waals surface area contributed by atoms with Crippen molar-refractivity contribution in [2.75, 3.05) is 20.6 Å². The Morgan fingerprint density at radius 2 is 2.08 bits per heavy atom. The number of hydrogen-bond acceptors (Lipinski definition) is 2. The third-order valence-corrected chi connectivity index (χ3v) is 2.12. The van der Waals surface area contributed by atoms with Crippen LogP contribution in [0.25, 0.3) is 0 Å². The highest BCUT2D eigenvalue weighted by molar-refractivity contribution is 5.72. The number of carbonyl (C=O) groups is 1.